The van der Waals surface area contributed by atoms with Crippen LogP contribution in [0.4, 0.5) is 0 Å². The van der Waals surface area contributed by atoms with Crippen molar-refractivity contribution in [1.82, 2.24) is 5.32 Å². The molecule has 0 fully saturated rings. The molecule has 1 amide bonds. The summed E-state index contributed by atoms with van der Waals surface area (Å²) in [5.74, 6) is 0.0793. The molecular weight excluding hydrogens is 298 g/mol. The van der Waals surface area contributed by atoms with Gasteiger partial charge in [0.1, 0.15) is 0 Å². The Morgan fingerprint density at radius 2 is 2.05 bits per heavy atom. The summed E-state index contributed by atoms with van der Waals surface area (Å²) >= 11 is 6.97. The number of aliphatic hydroxyl groups excluding tert-OH is 1. The molecule has 2 N–H and O–H groups in total. The van der Waals surface area contributed by atoms with Gasteiger partial charge in [0.15, 0.2) is 5.78 Å². The maximum Gasteiger partial charge on any atom is 0.220 e. The van der Waals surface area contributed by atoms with Gasteiger partial charge in [0.25, 0.3) is 0 Å². The van der Waals surface area contributed by atoms with Gasteiger partial charge in [-0.15, -0.1) is 11.3 Å². The normalized spacial score (nSPS) is 12.4. The van der Waals surface area contributed by atoms with Gasteiger partial charge in [-0.2, -0.15) is 0 Å². The lowest BCUT2D eigenvalue weighted by Gasteiger charge is -2.13. The van der Waals surface area contributed by atoms with Crippen LogP contribution in [0.2, 0.25) is 4.34 Å². The molecular formula is C14H20ClNO3S. The van der Waals surface area contributed by atoms with Crippen molar-refractivity contribution in [2.45, 2.75) is 39.2 Å². The first kappa shape index (κ1) is 17.1. The highest BCUT2D eigenvalue weighted by molar-refractivity contribution is 7.18. The Labute approximate surface area is 128 Å². The van der Waals surface area contributed by atoms with Gasteiger partial charge in [0.05, 0.1) is 15.3 Å². The van der Waals surface area contributed by atoms with Crippen LogP contribution in [-0.4, -0.2) is 29.4 Å². The third-order valence-corrected chi connectivity index (χ3v) is 3.98. The first-order chi connectivity index (χ1) is 9.38. The van der Waals surface area contributed by atoms with Crippen molar-refractivity contribution in [3.05, 3.63) is 21.3 Å². The number of hydrogen-bond acceptors (Lipinski definition) is 4. The quantitative estimate of drug-likeness (QED) is 0.724. The van der Waals surface area contributed by atoms with Crippen LogP contribution in [0, 0.1) is 5.92 Å². The maximum absolute atomic E-state index is 11.8. The molecule has 1 unspecified atom stereocenters. The fourth-order valence-corrected chi connectivity index (χ4v) is 2.77. The van der Waals surface area contributed by atoms with Crippen molar-refractivity contribution < 1.29 is 14.7 Å². The highest BCUT2D eigenvalue weighted by Gasteiger charge is 2.13. The number of carbonyl (C=O) groups excluding carboxylic acids is 2. The average molecular weight is 318 g/mol. The number of Topliss-reactive ketones (excluding diaryl/α,β-unsaturated/α-hetero) is 1. The first-order valence-corrected chi connectivity index (χ1v) is 7.81. The van der Waals surface area contributed by atoms with Crippen molar-refractivity contribution in [2.75, 3.05) is 6.54 Å². The van der Waals surface area contributed by atoms with E-state index in [9.17, 15) is 14.7 Å². The van der Waals surface area contributed by atoms with Gasteiger partial charge in [0.2, 0.25) is 5.91 Å². The molecule has 0 aromatic carbocycles. The lowest BCUT2D eigenvalue weighted by Crippen LogP contribution is -2.32. The van der Waals surface area contributed by atoms with Crippen LogP contribution in [0.1, 0.15) is 42.8 Å². The smallest absolute Gasteiger partial charge is 0.220 e. The first-order valence-electron chi connectivity index (χ1n) is 6.61. The Kier molecular flexibility index (Phi) is 7.19. The zero-order valence-corrected chi connectivity index (χ0v) is 13.3. The third kappa shape index (κ3) is 6.50. The zero-order valence-electron chi connectivity index (χ0n) is 11.7. The number of ketones is 1. The Morgan fingerprint density at radius 1 is 1.35 bits per heavy atom. The van der Waals surface area contributed by atoms with Crippen LogP contribution in [-0.2, 0) is 4.79 Å². The molecule has 0 aliphatic rings. The van der Waals surface area contributed by atoms with Gasteiger partial charge in [-0.25, -0.2) is 0 Å². The molecule has 0 bridgehead atoms. The predicted octanol–water partition coefficient (Wildman–Crippen LogP) is 2.89. The number of amides is 1. The summed E-state index contributed by atoms with van der Waals surface area (Å²) in [6, 6.07) is 3.33. The average Bonchev–Trinajstić information content (AvgIpc) is 2.79. The molecule has 4 nitrogen and oxygen atoms in total. The summed E-state index contributed by atoms with van der Waals surface area (Å²) in [7, 11) is 0. The lowest BCUT2D eigenvalue weighted by atomic mass is 10.1. The molecule has 1 atom stereocenters. The molecule has 1 rings (SSSR count). The van der Waals surface area contributed by atoms with E-state index in [4.69, 9.17) is 11.6 Å². The Balaban J connectivity index is 2.24. The molecule has 0 radical (unpaired) electrons. The Bertz CT molecular complexity index is 459. The standard InChI is InChI=1S/C14H20ClNO3S/c1-9(2)7-10(17)8-16-14(19)6-3-11(18)12-4-5-13(15)20-12/h4-5,9-10,17H,3,6-8H2,1-2H3,(H,16,19). The number of thiophene rings is 1. The second-order valence-corrected chi connectivity index (χ2v) is 6.83. The van der Waals surface area contributed by atoms with Crippen LogP contribution >= 0.6 is 22.9 Å². The van der Waals surface area contributed by atoms with E-state index in [0.717, 1.165) is 0 Å². The monoisotopic (exact) mass is 317 g/mol. The third-order valence-electron chi connectivity index (χ3n) is 2.71. The summed E-state index contributed by atoms with van der Waals surface area (Å²) in [4.78, 5) is 23.9. The number of aliphatic hydroxyl groups is 1. The van der Waals surface area contributed by atoms with Gasteiger partial charge in [-0.3, -0.25) is 9.59 Å². The Hall–Kier alpha value is -0.910. The number of hydrogen-bond donors (Lipinski definition) is 2. The number of rotatable bonds is 8. The molecule has 6 heteroatoms. The van der Waals surface area contributed by atoms with Gasteiger partial charge >= 0.3 is 0 Å². The molecule has 1 aromatic heterocycles. The molecule has 0 aliphatic heterocycles. The minimum atomic E-state index is -0.536. The zero-order chi connectivity index (χ0) is 15.1. The van der Waals surface area contributed by atoms with E-state index in [1.807, 2.05) is 13.8 Å². The number of nitrogens with one attached hydrogen (secondary N) is 1. The molecule has 0 saturated carbocycles. The summed E-state index contributed by atoms with van der Waals surface area (Å²) in [6.45, 7) is 4.25. The van der Waals surface area contributed by atoms with E-state index < -0.39 is 6.10 Å². The predicted molar refractivity (Wildman–Crippen MR) is 81.4 cm³/mol. The van der Waals surface area contributed by atoms with E-state index in [2.05, 4.69) is 5.32 Å². The van der Waals surface area contributed by atoms with E-state index in [-0.39, 0.29) is 31.1 Å². The number of halogens is 1. The van der Waals surface area contributed by atoms with E-state index in [1.165, 1.54) is 11.3 Å². The maximum atomic E-state index is 11.8. The minimum Gasteiger partial charge on any atom is -0.391 e. The second kappa shape index (κ2) is 8.39. The number of carbonyl (C=O) groups is 2. The van der Waals surface area contributed by atoms with Crippen molar-refractivity contribution in [2.24, 2.45) is 5.92 Å². The highest BCUT2D eigenvalue weighted by Crippen LogP contribution is 2.22. The van der Waals surface area contributed by atoms with Gasteiger partial charge in [-0.1, -0.05) is 25.4 Å². The molecule has 0 saturated heterocycles. The molecule has 0 aliphatic carbocycles. The SMILES string of the molecule is CC(C)CC(O)CNC(=O)CCC(=O)c1ccc(Cl)s1. The van der Waals surface area contributed by atoms with E-state index >= 15 is 0 Å². The van der Waals surface area contributed by atoms with Crippen molar-refractivity contribution >= 4 is 34.6 Å². The van der Waals surface area contributed by atoms with Gasteiger partial charge < -0.3 is 10.4 Å². The fourth-order valence-electron chi connectivity index (χ4n) is 1.76. The highest BCUT2D eigenvalue weighted by atomic mass is 35.5. The Morgan fingerprint density at radius 3 is 2.60 bits per heavy atom. The van der Waals surface area contributed by atoms with Crippen molar-refractivity contribution in [3.8, 4) is 0 Å². The molecule has 0 spiro atoms. The molecule has 1 heterocycles. The van der Waals surface area contributed by atoms with Crippen molar-refractivity contribution in [1.29, 1.82) is 0 Å². The van der Waals surface area contributed by atoms with Crippen LogP contribution in [0.25, 0.3) is 0 Å². The van der Waals surface area contributed by atoms with E-state index in [1.54, 1.807) is 12.1 Å². The topological polar surface area (TPSA) is 66.4 Å². The molecule has 20 heavy (non-hydrogen) atoms. The van der Waals surface area contributed by atoms with Gasteiger partial charge in [-0.05, 0) is 24.5 Å². The largest absolute Gasteiger partial charge is 0.391 e. The summed E-state index contributed by atoms with van der Waals surface area (Å²) in [6.07, 6.45) is 0.393. The van der Waals surface area contributed by atoms with Crippen LogP contribution in [0.5, 0.6) is 0 Å². The summed E-state index contributed by atoms with van der Waals surface area (Å²) in [5.41, 5.74) is 0. The van der Waals surface area contributed by atoms with E-state index in [0.29, 0.717) is 21.6 Å². The summed E-state index contributed by atoms with van der Waals surface area (Å²) < 4.78 is 0.564. The van der Waals surface area contributed by atoms with Crippen LogP contribution < -0.4 is 5.32 Å². The van der Waals surface area contributed by atoms with Crippen molar-refractivity contribution in [3.63, 3.8) is 0 Å². The van der Waals surface area contributed by atoms with Gasteiger partial charge in [0, 0.05) is 19.4 Å². The molecule has 1 aromatic rings. The van der Waals surface area contributed by atoms with Crippen LogP contribution in [0.3, 0.4) is 0 Å². The lowest BCUT2D eigenvalue weighted by molar-refractivity contribution is -0.121. The second-order valence-electron chi connectivity index (χ2n) is 5.11. The minimum absolute atomic E-state index is 0.0835. The van der Waals surface area contributed by atoms with Crippen LogP contribution in [0.15, 0.2) is 12.1 Å². The molecule has 112 valence electrons. The summed E-state index contributed by atoms with van der Waals surface area (Å²) in [5, 5.41) is 12.3. The fraction of sp³-hybridized carbons (Fsp3) is 0.571.